The molecule has 0 amide bonds. The summed E-state index contributed by atoms with van der Waals surface area (Å²) in [6.45, 7) is 0. The van der Waals surface area contributed by atoms with E-state index in [0.29, 0.717) is 17.2 Å². The van der Waals surface area contributed by atoms with Gasteiger partial charge in [-0.3, -0.25) is 0 Å². The zero-order valence-corrected chi connectivity index (χ0v) is 12.4. The number of hydrogen-bond donors (Lipinski definition) is 0. The van der Waals surface area contributed by atoms with Crippen LogP contribution in [-0.4, -0.2) is 14.8 Å². The highest BCUT2D eigenvalue weighted by Gasteiger charge is 2.14. The highest BCUT2D eigenvalue weighted by Crippen LogP contribution is 2.22. The molecule has 0 fully saturated rings. The Morgan fingerprint density at radius 1 is 1.09 bits per heavy atom. The van der Waals surface area contributed by atoms with Crippen molar-refractivity contribution in [2.24, 2.45) is 7.05 Å². The van der Waals surface area contributed by atoms with Gasteiger partial charge in [0.15, 0.2) is 11.6 Å². The Kier molecular flexibility index (Phi) is 3.98. The van der Waals surface area contributed by atoms with Gasteiger partial charge >= 0.3 is 0 Å². The third kappa shape index (κ3) is 2.87. The maximum atomic E-state index is 13.8. The molecule has 1 heterocycles. The Bertz CT molecular complexity index is 904. The molecule has 0 N–H and O–H groups in total. The van der Waals surface area contributed by atoms with E-state index in [9.17, 15) is 9.65 Å². The first-order chi connectivity index (χ1) is 11.2. The van der Waals surface area contributed by atoms with Gasteiger partial charge in [0.1, 0.15) is 11.9 Å². The Hall–Kier alpha value is -3.26. The number of hydrogen-bond acceptors (Lipinski definition) is 3. The lowest BCUT2D eigenvalue weighted by Crippen LogP contribution is -1.98. The van der Waals surface area contributed by atoms with Crippen LogP contribution in [0.2, 0.25) is 0 Å². The molecule has 0 unspecified atom stereocenters. The summed E-state index contributed by atoms with van der Waals surface area (Å²) < 4.78 is 15.5. The summed E-state index contributed by atoms with van der Waals surface area (Å²) in [6, 6.07) is 17.9. The van der Waals surface area contributed by atoms with Crippen LogP contribution in [0.3, 0.4) is 0 Å². The van der Waals surface area contributed by atoms with Crippen LogP contribution in [0.4, 0.5) is 4.39 Å². The van der Waals surface area contributed by atoms with Crippen molar-refractivity contribution < 1.29 is 4.39 Å². The van der Waals surface area contributed by atoms with E-state index < -0.39 is 0 Å². The lowest BCUT2D eigenvalue weighted by atomic mass is 10.1. The minimum Gasteiger partial charge on any atom is -0.310 e. The highest BCUT2D eigenvalue weighted by molar-refractivity contribution is 5.87. The molecule has 0 spiro atoms. The summed E-state index contributed by atoms with van der Waals surface area (Å²) in [7, 11) is 1.78. The third-order valence-electron chi connectivity index (χ3n) is 3.47. The normalized spacial score (nSPS) is 11.3. The predicted molar refractivity (Wildman–Crippen MR) is 86.3 cm³/mol. The molecular formula is C18H13FN4. The standard InChI is InChI=1S/C18H13FN4/c1-23-17(13-7-3-2-4-8-13)21-22-18(23)15(12-20)11-14-9-5-6-10-16(14)19/h2-11H,1H3. The van der Waals surface area contributed by atoms with Crippen molar-refractivity contribution in [1.82, 2.24) is 14.8 Å². The van der Waals surface area contributed by atoms with Crippen LogP contribution in [0, 0.1) is 17.1 Å². The molecule has 2 aromatic carbocycles. The van der Waals surface area contributed by atoms with E-state index in [2.05, 4.69) is 16.3 Å². The molecular weight excluding hydrogens is 291 g/mol. The first-order valence-corrected chi connectivity index (χ1v) is 7.02. The molecule has 0 saturated heterocycles. The quantitative estimate of drug-likeness (QED) is 0.693. The average molecular weight is 304 g/mol. The Morgan fingerprint density at radius 3 is 2.48 bits per heavy atom. The van der Waals surface area contributed by atoms with Crippen molar-refractivity contribution in [1.29, 1.82) is 5.26 Å². The van der Waals surface area contributed by atoms with Crippen LogP contribution in [0.1, 0.15) is 11.4 Å². The van der Waals surface area contributed by atoms with E-state index in [0.717, 1.165) is 5.56 Å². The van der Waals surface area contributed by atoms with Gasteiger partial charge in [-0.2, -0.15) is 5.26 Å². The number of aromatic nitrogens is 3. The Labute approximate surface area is 133 Å². The molecule has 3 aromatic rings. The number of nitrogens with zero attached hydrogens (tertiary/aromatic N) is 4. The maximum Gasteiger partial charge on any atom is 0.174 e. The van der Waals surface area contributed by atoms with Crippen molar-refractivity contribution in [3.8, 4) is 17.5 Å². The molecule has 0 bridgehead atoms. The first-order valence-electron chi connectivity index (χ1n) is 7.02. The molecule has 0 aliphatic rings. The summed E-state index contributed by atoms with van der Waals surface area (Å²) in [5.41, 5.74) is 1.50. The van der Waals surface area contributed by atoms with Crippen molar-refractivity contribution in [2.75, 3.05) is 0 Å². The topological polar surface area (TPSA) is 54.5 Å². The highest BCUT2D eigenvalue weighted by atomic mass is 19.1. The second-order valence-corrected chi connectivity index (χ2v) is 4.96. The number of nitriles is 1. The molecule has 0 radical (unpaired) electrons. The molecule has 4 nitrogen and oxygen atoms in total. The van der Waals surface area contributed by atoms with Gasteiger partial charge in [0.2, 0.25) is 0 Å². The van der Waals surface area contributed by atoms with Crippen LogP contribution in [0.5, 0.6) is 0 Å². The molecule has 0 saturated carbocycles. The summed E-state index contributed by atoms with van der Waals surface area (Å²) in [6.07, 6.45) is 1.48. The van der Waals surface area contributed by atoms with Gasteiger partial charge in [-0.25, -0.2) is 4.39 Å². The first kappa shape index (κ1) is 14.7. The smallest absolute Gasteiger partial charge is 0.174 e. The SMILES string of the molecule is Cn1c(C(C#N)=Cc2ccccc2F)nnc1-c1ccccc1. The fourth-order valence-electron chi connectivity index (χ4n) is 2.30. The monoisotopic (exact) mass is 304 g/mol. The van der Waals surface area contributed by atoms with Crippen LogP contribution >= 0.6 is 0 Å². The lowest BCUT2D eigenvalue weighted by Gasteiger charge is -2.03. The molecule has 0 aliphatic heterocycles. The Morgan fingerprint density at radius 2 is 1.78 bits per heavy atom. The van der Waals surface area contributed by atoms with Crippen molar-refractivity contribution in [3.05, 3.63) is 71.8 Å². The zero-order valence-electron chi connectivity index (χ0n) is 12.4. The molecule has 1 aromatic heterocycles. The molecule has 3 rings (SSSR count). The Balaban J connectivity index is 2.06. The van der Waals surface area contributed by atoms with Gasteiger partial charge in [0.05, 0.1) is 5.57 Å². The van der Waals surface area contributed by atoms with Gasteiger partial charge in [-0.05, 0) is 12.1 Å². The summed E-state index contributed by atoms with van der Waals surface area (Å²) in [4.78, 5) is 0. The van der Waals surface area contributed by atoms with E-state index in [1.54, 1.807) is 29.8 Å². The fourth-order valence-corrected chi connectivity index (χ4v) is 2.30. The van der Waals surface area contributed by atoms with E-state index in [4.69, 9.17) is 0 Å². The van der Waals surface area contributed by atoms with Crippen LogP contribution < -0.4 is 0 Å². The second-order valence-electron chi connectivity index (χ2n) is 4.96. The van der Waals surface area contributed by atoms with E-state index in [-0.39, 0.29) is 11.4 Å². The predicted octanol–water partition coefficient (Wildman–Crippen LogP) is 3.69. The summed E-state index contributed by atoms with van der Waals surface area (Å²) in [5, 5.41) is 17.6. The minimum atomic E-state index is -0.384. The molecule has 0 aliphatic carbocycles. The van der Waals surface area contributed by atoms with Crippen LogP contribution in [-0.2, 0) is 7.05 Å². The number of rotatable bonds is 3. The fraction of sp³-hybridized carbons (Fsp3) is 0.0556. The largest absolute Gasteiger partial charge is 0.310 e. The van der Waals surface area contributed by atoms with Gasteiger partial charge in [-0.15, -0.1) is 10.2 Å². The molecule has 112 valence electrons. The number of halogens is 1. The van der Waals surface area contributed by atoms with Gasteiger partial charge < -0.3 is 4.57 Å². The average Bonchev–Trinajstić information content (AvgIpc) is 2.96. The molecule has 0 atom stereocenters. The molecule has 5 heteroatoms. The van der Waals surface area contributed by atoms with E-state index >= 15 is 0 Å². The number of allylic oxidation sites excluding steroid dienone is 1. The lowest BCUT2D eigenvalue weighted by molar-refractivity contribution is 0.625. The van der Waals surface area contributed by atoms with E-state index in [1.807, 2.05) is 30.3 Å². The second kappa shape index (κ2) is 6.24. The third-order valence-corrected chi connectivity index (χ3v) is 3.47. The summed E-state index contributed by atoms with van der Waals surface area (Å²) in [5.74, 6) is 0.663. The molecule has 23 heavy (non-hydrogen) atoms. The zero-order chi connectivity index (χ0) is 16.2. The van der Waals surface area contributed by atoms with Crippen molar-refractivity contribution >= 4 is 11.6 Å². The number of benzene rings is 2. The van der Waals surface area contributed by atoms with Crippen LogP contribution in [0.15, 0.2) is 54.6 Å². The van der Waals surface area contributed by atoms with Gasteiger partial charge in [0.25, 0.3) is 0 Å². The van der Waals surface area contributed by atoms with Crippen LogP contribution in [0.25, 0.3) is 23.0 Å². The maximum absolute atomic E-state index is 13.8. The van der Waals surface area contributed by atoms with Crippen molar-refractivity contribution in [2.45, 2.75) is 0 Å². The minimum absolute atomic E-state index is 0.257. The van der Waals surface area contributed by atoms with Crippen molar-refractivity contribution in [3.63, 3.8) is 0 Å². The van der Waals surface area contributed by atoms with E-state index in [1.165, 1.54) is 12.1 Å². The van der Waals surface area contributed by atoms with Gasteiger partial charge in [-0.1, -0.05) is 48.5 Å². The van der Waals surface area contributed by atoms with Gasteiger partial charge in [0, 0.05) is 18.2 Å². The summed E-state index contributed by atoms with van der Waals surface area (Å²) >= 11 is 0.